The van der Waals surface area contributed by atoms with Crippen molar-refractivity contribution in [3.8, 4) is 11.5 Å². The third-order valence-corrected chi connectivity index (χ3v) is 6.83. The van der Waals surface area contributed by atoms with Crippen LogP contribution in [0.15, 0.2) is 78.4 Å². The van der Waals surface area contributed by atoms with Crippen molar-refractivity contribution in [1.29, 1.82) is 0 Å². The lowest BCUT2D eigenvalue weighted by atomic mass is 9.86. The number of hydrogen-bond acceptors (Lipinski definition) is 4. The Labute approximate surface area is 213 Å². The van der Waals surface area contributed by atoms with Gasteiger partial charge >= 0.3 is 5.97 Å². The zero-order valence-corrected chi connectivity index (χ0v) is 20.9. The highest BCUT2D eigenvalue weighted by atomic mass is 16.6. The SMILES string of the molecule is COc1cc(C=CCN2CCC(=C3c4ccccc4C=Cc4ccccc43)CC2)ccc1OC(C)=O. The molecule has 1 heterocycles. The summed E-state index contributed by atoms with van der Waals surface area (Å²) in [6.45, 7) is 4.36. The number of esters is 1. The highest BCUT2D eigenvalue weighted by Gasteiger charge is 2.22. The molecule has 0 radical (unpaired) electrons. The Bertz CT molecular complexity index is 1300. The molecule has 1 aliphatic carbocycles. The topological polar surface area (TPSA) is 38.8 Å². The molecular weight excluding hydrogens is 446 g/mol. The molecule has 1 fully saturated rings. The van der Waals surface area contributed by atoms with Gasteiger partial charge < -0.3 is 9.47 Å². The second-order valence-electron chi connectivity index (χ2n) is 9.19. The molecule has 0 spiro atoms. The molecule has 2 aliphatic rings. The van der Waals surface area contributed by atoms with Crippen molar-refractivity contribution < 1.29 is 14.3 Å². The zero-order chi connectivity index (χ0) is 24.9. The summed E-state index contributed by atoms with van der Waals surface area (Å²) in [5.74, 6) is 0.638. The van der Waals surface area contributed by atoms with E-state index in [0.717, 1.165) is 38.0 Å². The number of rotatable bonds is 5. The number of carbonyl (C=O) groups is 1. The van der Waals surface area contributed by atoms with E-state index < -0.39 is 0 Å². The number of nitrogens with zero attached hydrogens (tertiary/aromatic N) is 1. The molecule has 4 nitrogen and oxygen atoms in total. The molecule has 0 saturated carbocycles. The summed E-state index contributed by atoms with van der Waals surface area (Å²) in [5.41, 5.74) is 9.24. The molecule has 3 aromatic carbocycles. The third kappa shape index (κ3) is 5.19. The molecule has 1 saturated heterocycles. The van der Waals surface area contributed by atoms with Gasteiger partial charge in [0.15, 0.2) is 11.5 Å². The Balaban J connectivity index is 1.30. The molecule has 1 aliphatic heterocycles. The lowest BCUT2D eigenvalue weighted by molar-refractivity contribution is -0.132. The fourth-order valence-corrected chi connectivity index (χ4v) is 5.07. The lowest BCUT2D eigenvalue weighted by Gasteiger charge is -2.29. The maximum absolute atomic E-state index is 11.3. The second kappa shape index (κ2) is 10.8. The first-order valence-corrected chi connectivity index (χ1v) is 12.5. The Hall–Kier alpha value is -3.89. The van der Waals surface area contributed by atoms with Crippen molar-refractivity contribution in [2.45, 2.75) is 19.8 Å². The van der Waals surface area contributed by atoms with E-state index in [9.17, 15) is 4.79 Å². The van der Waals surface area contributed by atoms with Crippen LogP contribution < -0.4 is 9.47 Å². The number of methoxy groups -OCH3 is 1. The average Bonchev–Trinajstić information content (AvgIpc) is 3.07. The van der Waals surface area contributed by atoms with Gasteiger partial charge in [0.05, 0.1) is 7.11 Å². The van der Waals surface area contributed by atoms with Crippen molar-refractivity contribution in [1.82, 2.24) is 4.90 Å². The van der Waals surface area contributed by atoms with Crippen LogP contribution in [0, 0.1) is 0 Å². The van der Waals surface area contributed by atoms with Gasteiger partial charge in [0.25, 0.3) is 0 Å². The first-order chi connectivity index (χ1) is 17.6. The third-order valence-electron chi connectivity index (χ3n) is 6.83. The van der Waals surface area contributed by atoms with E-state index in [-0.39, 0.29) is 5.97 Å². The van der Waals surface area contributed by atoms with Gasteiger partial charge in [0.1, 0.15) is 0 Å². The van der Waals surface area contributed by atoms with E-state index in [1.54, 1.807) is 18.7 Å². The van der Waals surface area contributed by atoms with Crippen LogP contribution in [-0.4, -0.2) is 37.6 Å². The predicted molar refractivity (Wildman–Crippen MR) is 147 cm³/mol. The van der Waals surface area contributed by atoms with Crippen molar-refractivity contribution >= 4 is 29.8 Å². The molecule has 3 aromatic rings. The van der Waals surface area contributed by atoms with Crippen LogP contribution in [-0.2, 0) is 4.79 Å². The van der Waals surface area contributed by atoms with Gasteiger partial charge in [-0.05, 0) is 58.4 Å². The maximum atomic E-state index is 11.3. The summed E-state index contributed by atoms with van der Waals surface area (Å²) in [5, 5.41) is 0. The van der Waals surface area contributed by atoms with Crippen LogP contribution in [0.25, 0.3) is 23.8 Å². The quantitative estimate of drug-likeness (QED) is 0.236. The van der Waals surface area contributed by atoms with E-state index in [1.165, 1.54) is 34.8 Å². The number of fused-ring (bicyclic) bond motifs is 2. The van der Waals surface area contributed by atoms with Gasteiger partial charge in [-0.2, -0.15) is 0 Å². The molecular formula is C32H31NO3. The normalized spacial score (nSPS) is 15.4. The van der Waals surface area contributed by atoms with E-state index in [1.807, 2.05) is 12.1 Å². The van der Waals surface area contributed by atoms with Gasteiger partial charge in [-0.25, -0.2) is 0 Å². The predicted octanol–water partition coefficient (Wildman–Crippen LogP) is 6.72. The van der Waals surface area contributed by atoms with Gasteiger partial charge in [-0.3, -0.25) is 9.69 Å². The Morgan fingerprint density at radius 3 is 2.14 bits per heavy atom. The second-order valence-corrected chi connectivity index (χ2v) is 9.19. The standard InChI is InChI=1S/C32H31NO3/c1-23(34)36-30-16-13-24(22-31(30)35-2)8-7-19-33-20-17-27(18-21-33)32-28-11-5-3-9-25(28)14-15-26-10-4-6-12-29(26)32/h3-16,22H,17-21H2,1-2H3. The van der Waals surface area contributed by atoms with Crippen molar-refractivity contribution in [3.63, 3.8) is 0 Å². The fourth-order valence-electron chi connectivity index (χ4n) is 5.07. The summed E-state index contributed by atoms with van der Waals surface area (Å²) in [7, 11) is 1.58. The van der Waals surface area contributed by atoms with E-state index in [0.29, 0.717) is 11.5 Å². The Morgan fingerprint density at radius 2 is 1.53 bits per heavy atom. The number of piperidine rings is 1. The molecule has 36 heavy (non-hydrogen) atoms. The largest absolute Gasteiger partial charge is 0.493 e. The van der Waals surface area contributed by atoms with Crippen LogP contribution in [0.1, 0.15) is 47.6 Å². The minimum atomic E-state index is -0.358. The smallest absolute Gasteiger partial charge is 0.308 e. The molecule has 0 aromatic heterocycles. The fraction of sp³-hybridized carbons (Fsp3) is 0.219. The van der Waals surface area contributed by atoms with Crippen LogP contribution in [0.5, 0.6) is 11.5 Å². The number of ether oxygens (including phenoxy) is 2. The highest BCUT2D eigenvalue weighted by molar-refractivity contribution is 5.94. The van der Waals surface area contributed by atoms with Gasteiger partial charge in [-0.1, -0.05) is 84.5 Å². The molecule has 182 valence electrons. The van der Waals surface area contributed by atoms with Crippen LogP contribution in [0.3, 0.4) is 0 Å². The molecule has 0 amide bonds. The van der Waals surface area contributed by atoms with Crippen LogP contribution >= 0.6 is 0 Å². The van der Waals surface area contributed by atoms with Gasteiger partial charge in [-0.15, -0.1) is 0 Å². The average molecular weight is 478 g/mol. The molecule has 0 atom stereocenters. The number of likely N-dealkylation sites (tertiary alicyclic amines) is 1. The van der Waals surface area contributed by atoms with Crippen molar-refractivity contribution in [2.75, 3.05) is 26.7 Å². The zero-order valence-electron chi connectivity index (χ0n) is 20.9. The van der Waals surface area contributed by atoms with E-state index in [2.05, 4.69) is 77.7 Å². The number of hydrogen-bond donors (Lipinski definition) is 0. The number of carbonyl (C=O) groups excluding carboxylic acids is 1. The first-order valence-electron chi connectivity index (χ1n) is 12.5. The van der Waals surface area contributed by atoms with Crippen molar-refractivity contribution in [2.24, 2.45) is 0 Å². The van der Waals surface area contributed by atoms with Gasteiger partial charge in [0, 0.05) is 26.6 Å². The summed E-state index contributed by atoms with van der Waals surface area (Å²) in [4.78, 5) is 13.8. The molecule has 5 rings (SSSR count). The highest BCUT2D eigenvalue weighted by Crippen LogP contribution is 2.38. The summed E-state index contributed by atoms with van der Waals surface area (Å²) < 4.78 is 10.6. The molecule has 0 unspecified atom stereocenters. The lowest BCUT2D eigenvalue weighted by Crippen LogP contribution is -2.31. The maximum Gasteiger partial charge on any atom is 0.308 e. The van der Waals surface area contributed by atoms with Crippen LogP contribution in [0.2, 0.25) is 0 Å². The number of benzene rings is 3. The minimum Gasteiger partial charge on any atom is -0.493 e. The summed E-state index contributed by atoms with van der Waals surface area (Å²) >= 11 is 0. The Kier molecular flexibility index (Phi) is 7.15. The molecule has 0 bridgehead atoms. The minimum absolute atomic E-state index is 0.358. The van der Waals surface area contributed by atoms with Crippen LogP contribution in [0.4, 0.5) is 0 Å². The Morgan fingerprint density at radius 1 is 0.889 bits per heavy atom. The first kappa shape index (κ1) is 23.8. The van der Waals surface area contributed by atoms with Gasteiger partial charge in [0.2, 0.25) is 0 Å². The summed E-state index contributed by atoms with van der Waals surface area (Å²) in [6, 6.07) is 23.1. The monoisotopic (exact) mass is 477 g/mol. The molecule has 0 N–H and O–H groups in total. The van der Waals surface area contributed by atoms with Crippen molar-refractivity contribution in [3.05, 3.63) is 106 Å². The van der Waals surface area contributed by atoms with E-state index in [4.69, 9.17) is 9.47 Å². The van der Waals surface area contributed by atoms with E-state index >= 15 is 0 Å². The molecule has 4 heteroatoms. The summed E-state index contributed by atoms with van der Waals surface area (Å²) in [6.07, 6.45) is 10.9.